The normalized spacial score (nSPS) is 10.4. The maximum atomic E-state index is 12.8. The topological polar surface area (TPSA) is 45.8 Å². The minimum Gasteiger partial charge on any atom is -0.300 e. The van der Waals surface area contributed by atoms with Gasteiger partial charge in [0.05, 0.1) is 11.9 Å². The Morgan fingerprint density at radius 2 is 2.06 bits per heavy atom. The molecule has 2 rings (SSSR count). The molecule has 1 aromatic heterocycles. The van der Waals surface area contributed by atoms with Gasteiger partial charge < -0.3 is 0 Å². The number of aromatic amines is 1. The van der Waals surface area contributed by atoms with Crippen LogP contribution in [0.5, 0.6) is 0 Å². The number of aromatic nitrogens is 2. The lowest BCUT2D eigenvalue weighted by Crippen LogP contribution is -1.96. The van der Waals surface area contributed by atoms with Gasteiger partial charge in [-0.1, -0.05) is 0 Å². The van der Waals surface area contributed by atoms with Crippen LogP contribution in [0.15, 0.2) is 30.5 Å². The quantitative estimate of drug-likeness (QED) is 0.859. The van der Waals surface area contributed by atoms with Gasteiger partial charge in [-0.05, 0) is 31.2 Å². The van der Waals surface area contributed by atoms with E-state index in [4.69, 9.17) is 0 Å². The summed E-state index contributed by atoms with van der Waals surface area (Å²) >= 11 is 0. The molecule has 0 aliphatic heterocycles. The van der Waals surface area contributed by atoms with Crippen molar-refractivity contribution in [3.8, 4) is 11.3 Å². The zero-order chi connectivity index (χ0) is 11.5. The van der Waals surface area contributed by atoms with E-state index in [1.165, 1.54) is 19.1 Å². The Balaban J connectivity index is 2.36. The SMILES string of the molecule is CC(=O)Cc1cn[nH]c1-c1ccc(F)cc1. The fraction of sp³-hybridized carbons (Fsp3) is 0.167. The molecule has 3 nitrogen and oxygen atoms in total. The van der Waals surface area contributed by atoms with Crippen molar-refractivity contribution in [2.45, 2.75) is 13.3 Å². The fourth-order valence-electron chi connectivity index (χ4n) is 1.58. The molecule has 1 aromatic carbocycles. The molecule has 4 heteroatoms. The second-order valence-electron chi connectivity index (χ2n) is 3.66. The number of carbonyl (C=O) groups is 1. The fourth-order valence-corrected chi connectivity index (χ4v) is 1.58. The lowest BCUT2D eigenvalue weighted by atomic mass is 10.0. The Labute approximate surface area is 92.3 Å². The van der Waals surface area contributed by atoms with Crippen molar-refractivity contribution in [2.75, 3.05) is 0 Å². The number of nitrogens with one attached hydrogen (secondary N) is 1. The van der Waals surface area contributed by atoms with E-state index in [9.17, 15) is 9.18 Å². The molecule has 0 spiro atoms. The molecule has 0 saturated heterocycles. The molecular weight excluding hydrogens is 207 g/mol. The smallest absolute Gasteiger partial charge is 0.134 e. The van der Waals surface area contributed by atoms with Crippen molar-refractivity contribution < 1.29 is 9.18 Å². The van der Waals surface area contributed by atoms with Crippen LogP contribution in [0.4, 0.5) is 4.39 Å². The average molecular weight is 218 g/mol. The Morgan fingerprint density at radius 3 is 2.69 bits per heavy atom. The minimum atomic E-state index is -0.281. The van der Waals surface area contributed by atoms with Gasteiger partial charge in [-0.3, -0.25) is 9.89 Å². The molecule has 1 N–H and O–H groups in total. The zero-order valence-electron chi connectivity index (χ0n) is 8.83. The molecule has 0 aliphatic rings. The van der Waals surface area contributed by atoms with E-state index in [0.29, 0.717) is 6.42 Å². The molecule has 0 aliphatic carbocycles. The van der Waals surface area contributed by atoms with E-state index in [-0.39, 0.29) is 11.6 Å². The van der Waals surface area contributed by atoms with E-state index in [2.05, 4.69) is 10.2 Å². The summed E-state index contributed by atoms with van der Waals surface area (Å²) < 4.78 is 12.8. The molecule has 1 heterocycles. The highest BCUT2D eigenvalue weighted by Gasteiger charge is 2.09. The third-order valence-electron chi connectivity index (χ3n) is 2.29. The van der Waals surface area contributed by atoms with Gasteiger partial charge in [0.15, 0.2) is 0 Å². The molecule has 0 unspecified atom stereocenters. The first-order chi connectivity index (χ1) is 7.66. The standard InChI is InChI=1S/C12H11FN2O/c1-8(16)6-10-7-14-15-12(10)9-2-4-11(13)5-3-9/h2-5,7H,6H2,1H3,(H,14,15). The van der Waals surface area contributed by atoms with Gasteiger partial charge in [0, 0.05) is 17.5 Å². The van der Waals surface area contributed by atoms with Gasteiger partial charge in [0.25, 0.3) is 0 Å². The highest BCUT2D eigenvalue weighted by molar-refractivity contribution is 5.80. The van der Waals surface area contributed by atoms with Crippen molar-refractivity contribution >= 4 is 5.78 Å². The predicted molar refractivity (Wildman–Crippen MR) is 58.4 cm³/mol. The van der Waals surface area contributed by atoms with Crippen LogP contribution in [0.1, 0.15) is 12.5 Å². The number of hydrogen-bond donors (Lipinski definition) is 1. The third-order valence-corrected chi connectivity index (χ3v) is 2.29. The maximum absolute atomic E-state index is 12.8. The van der Waals surface area contributed by atoms with Gasteiger partial charge in [-0.2, -0.15) is 5.10 Å². The van der Waals surface area contributed by atoms with E-state index in [1.54, 1.807) is 18.3 Å². The summed E-state index contributed by atoms with van der Waals surface area (Å²) in [6.45, 7) is 1.53. The number of ketones is 1. The van der Waals surface area contributed by atoms with Gasteiger partial charge in [-0.25, -0.2) is 4.39 Å². The molecule has 0 radical (unpaired) electrons. The van der Waals surface area contributed by atoms with Crippen molar-refractivity contribution in [3.63, 3.8) is 0 Å². The Bertz CT molecular complexity index is 502. The largest absolute Gasteiger partial charge is 0.300 e. The molecule has 0 amide bonds. The van der Waals surface area contributed by atoms with Crippen LogP contribution in [0.2, 0.25) is 0 Å². The number of halogens is 1. The van der Waals surface area contributed by atoms with Crippen LogP contribution in [0, 0.1) is 5.82 Å². The van der Waals surface area contributed by atoms with Gasteiger partial charge in [0.2, 0.25) is 0 Å². The van der Waals surface area contributed by atoms with E-state index >= 15 is 0 Å². The summed E-state index contributed by atoms with van der Waals surface area (Å²) in [5.41, 5.74) is 2.43. The lowest BCUT2D eigenvalue weighted by Gasteiger charge is -2.01. The molecule has 0 atom stereocenters. The van der Waals surface area contributed by atoms with E-state index in [0.717, 1.165) is 16.8 Å². The highest BCUT2D eigenvalue weighted by Crippen LogP contribution is 2.21. The number of hydrogen-bond acceptors (Lipinski definition) is 2. The summed E-state index contributed by atoms with van der Waals surface area (Å²) in [5.74, 6) is -0.207. The van der Waals surface area contributed by atoms with Crippen molar-refractivity contribution in [2.24, 2.45) is 0 Å². The summed E-state index contributed by atoms with van der Waals surface area (Å²) in [6, 6.07) is 6.08. The highest BCUT2D eigenvalue weighted by atomic mass is 19.1. The van der Waals surface area contributed by atoms with Crippen molar-refractivity contribution in [1.29, 1.82) is 0 Å². The van der Waals surface area contributed by atoms with Crippen LogP contribution in [0.25, 0.3) is 11.3 Å². The monoisotopic (exact) mass is 218 g/mol. The van der Waals surface area contributed by atoms with Crippen LogP contribution >= 0.6 is 0 Å². The summed E-state index contributed by atoms with van der Waals surface area (Å²) in [6.07, 6.45) is 1.96. The molecule has 16 heavy (non-hydrogen) atoms. The van der Waals surface area contributed by atoms with Crippen LogP contribution in [-0.2, 0) is 11.2 Å². The average Bonchev–Trinajstić information content (AvgIpc) is 2.66. The van der Waals surface area contributed by atoms with Crippen LogP contribution in [0.3, 0.4) is 0 Å². The second-order valence-corrected chi connectivity index (χ2v) is 3.66. The molecule has 2 aromatic rings. The summed E-state index contributed by atoms with van der Waals surface area (Å²) in [4.78, 5) is 11.0. The summed E-state index contributed by atoms with van der Waals surface area (Å²) in [5, 5.41) is 6.73. The molecule has 0 fully saturated rings. The van der Waals surface area contributed by atoms with Gasteiger partial charge >= 0.3 is 0 Å². The predicted octanol–water partition coefficient (Wildman–Crippen LogP) is 2.35. The first kappa shape index (κ1) is 10.5. The lowest BCUT2D eigenvalue weighted by molar-refractivity contribution is -0.116. The maximum Gasteiger partial charge on any atom is 0.134 e. The third kappa shape index (κ3) is 2.16. The first-order valence-corrected chi connectivity index (χ1v) is 4.94. The molecule has 0 saturated carbocycles. The number of nitrogens with zero attached hydrogens (tertiary/aromatic N) is 1. The number of rotatable bonds is 3. The first-order valence-electron chi connectivity index (χ1n) is 4.94. The number of H-pyrrole nitrogens is 1. The van der Waals surface area contributed by atoms with Crippen molar-refractivity contribution in [3.05, 3.63) is 41.8 Å². The van der Waals surface area contributed by atoms with E-state index in [1.807, 2.05) is 0 Å². The summed E-state index contributed by atoms with van der Waals surface area (Å²) in [7, 11) is 0. The Morgan fingerprint density at radius 1 is 1.38 bits per heavy atom. The number of carbonyl (C=O) groups excluding carboxylic acids is 1. The van der Waals surface area contributed by atoms with Crippen molar-refractivity contribution in [1.82, 2.24) is 10.2 Å². The molecule has 82 valence electrons. The van der Waals surface area contributed by atoms with Gasteiger partial charge in [0.1, 0.15) is 11.6 Å². The minimum absolute atomic E-state index is 0.0739. The Hall–Kier alpha value is -1.97. The van der Waals surface area contributed by atoms with E-state index < -0.39 is 0 Å². The van der Waals surface area contributed by atoms with Crippen LogP contribution < -0.4 is 0 Å². The second kappa shape index (κ2) is 4.26. The number of Topliss-reactive ketones (excluding diaryl/α,β-unsaturated/α-hetero) is 1. The molecule has 0 bridgehead atoms. The Kier molecular flexibility index (Phi) is 2.81. The number of benzene rings is 1. The molecular formula is C12H11FN2O. The van der Waals surface area contributed by atoms with Gasteiger partial charge in [-0.15, -0.1) is 0 Å². The zero-order valence-corrected chi connectivity index (χ0v) is 8.83. The van der Waals surface area contributed by atoms with Crippen LogP contribution in [-0.4, -0.2) is 16.0 Å².